The van der Waals surface area contributed by atoms with Gasteiger partial charge in [-0.2, -0.15) is 0 Å². The van der Waals surface area contributed by atoms with Crippen molar-refractivity contribution in [2.75, 3.05) is 0 Å². The van der Waals surface area contributed by atoms with Gasteiger partial charge < -0.3 is 29.7 Å². The summed E-state index contributed by atoms with van der Waals surface area (Å²) in [5.74, 6) is 0. The summed E-state index contributed by atoms with van der Waals surface area (Å²) < 4.78 is 24.7. The average Bonchev–Trinajstić information content (AvgIpc) is 1.59. The normalized spacial score (nSPS) is 11.9. The number of rotatable bonds is 15. The molecule has 1 saturated heterocycles. The molecule has 1 aliphatic rings. The van der Waals surface area contributed by atoms with Crippen LogP contribution in [0.1, 0.15) is 51.6 Å². The molecule has 0 N–H and O–H groups in total. The van der Waals surface area contributed by atoms with Gasteiger partial charge in [-0.15, -0.1) is 0 Å². The number of aromatic nitrogens is 4. The Morgan fingerprint density at radius 3 is 0.869 bits per heavy atom. The molecule has 11 nitrogen and oxygen atoms in total. The predicted molar refractivity (Wildman–Crippen MR) is 604 cm³/mol. The molecule has 16 aromatic carbocycles. The number of carbonyl (C=O) groups is 1. The van der Waals surface area contributed by atoms with Crippen LogP contribution in [0.4, 0.5) is 0 Å². The molecule has 0 radical (unpaired) electrons. The first-order valence-corrected chi connectivity index (χ1v) is 53.0. The van der Waals surface area contributed by atoms with Gasteiger partial charge in [0.1, 0.15) is 16.3 Å². The Morgan fingerprint density at radius 1 is 0.317 bits per heavy atom. The standard InChI is InChI=1S/C22H15ClN2O.C19H22BNO3.4C18H15P.C9H5Cl2N.CH2O3.2Na.Pd.H/c1-12-9-18-17-5-3-13(2)25-22(17)26-21(18)19(10-12)20-16-6-4-15(23)11-14(16)7-8-24-20;1-11-9-14-13-8-7-12(2)21-17(13)22-16(14)15(10-11)20-23-18(3,4)19(5,6)24-20;4*1-4-10-16(11-5-1)19(17-12-6-2-7-13-17)18-14-8-3-9-15-18;10-7-1-2-8-6(5-7)3-4-12-9(8)11;2-1-4-3;;;;/h3-11H,1-2H3;7-10H,1-6H3;4*1-15H;1-5H;1,3H;;;;/q;;;;;;;;2*+1;;-1/p-1. The Bertz CT molecular complexity index is 7000. The molecule has 6 aromatic heterocycles. The minimum Gasteiger partial charge on any atom is -1.00 e. The summed E-state index contributed by atoms with van der Waals surface area (Å²) in [4.78, 5) is 28.9. The van der Waals surface area contributed by atoms with E-state index in [2.05, 4.69) is 467 Å². The molecule has 0 amide bonds. The second-order valence-corrected chi connectivity index (χ2v) is 44.5. The fraction of sp³-hybridized carbons (Fsp3) is 0.0813. The first kappa shape index (κ1) is 111. The number of aryl methyl sites for hydroxylation is 4. The van der Waals surface area contributed by atoms with Crippen molar-refractivity contribution in [3.8, 4) is 11.3 Å². The number of nitrogens with zero attached hydrogens (tertiary/aromatic N) is 4. The average molecular weight is 2140 g/mol. The molecule has 714 valence electrons. The maximum Gasteiger partial charge on any atom is 1.00 e. The van der Waals surface area contributed by atoms with Gasteiger partial charge in [0, 0.05) is 97.6 Å². The molecular formula is C123H104BCl3N4Na2O7P4Pd. The summed E-state index contributed by atoms with van der Waals surface area (Å²) in [6.07, 6.45) is 3.48. The van der Waals surface area contributed by atoms with E-state index in [-0.39, 0.29) is 98.6 Å². The zero-order valence-electron chi connectivity index (χ0n) is 83.1. The monoisotopic (exact) mass is 2140 g/mol. The summed E-state index contributed by atoms with van der Waals surface area (Å²) in [6, 6.07) is 161. The van der Waals surface area contributed by atoms with Gasteiger partial charge in [0.2, 0.25) is 11.4 Å². The molecule has 0 atom stereocenters. The molecule has 0 spiro atoms. The number of hydrogen-bond acceptors (Lipinski definition) is 11. The van der Waals surface area contributed by atoms with Gasteiger partial charge in [-0.05, 0) is 252 Å². The summed E-state index contributed by atoms with van der Waals surface area (Å²) in [5, 5.41) is 35.4. The van der Waals surface area contributed by atoms with Crippen LogP contribution in [0.5, 0.6) is 0 Å². The summed E-state index contributed by atoms with van der Waals surface area (Å²) in [6.45, 7) is 16.2. The third kappa shape index (κ3) is 28.9. The third-order valence-electron chi connectivity index (χ3n) is 23.9. The van der Waals surface area contributed by atoms with Crippen LogP contribution in [0, 0.1) is 27.7 Å². The molecular weight excluding hydrogens is 2040 g/mol. The van der Waals surface area contributed by atoms with Gasteiger partial charge in [-0.3, -0.25) is 9.78 Å². The van der Waals surface area contributed by atoms with E-state index in [4.69, 9.17) is 63.0 Å². The first-order chi connectivity index (χ1) is 69.3. The molecule has 23 rings (SSSR count). The van der Waals surface area contributed by atoms with E-state index in [1.165, 1.54) is 63.7 Å². The van der Waals surface area contributed by atoms with E-state index in [1.807, 2.05) is 74.6 Å². The van der Waals surface area contributed by atoms with E-state index in [0.717, 1.165) is 93.5 Å². The number of halogens is 3. The number of furan rings is 2. The molecule has 22 heteroatoms. The second-order valence-electron chi connectivity index (χ2n) is 34.4. The van der Waals surface area contributed by atoms with Gasteiger partial charge in [0.25, 0.3) is 6.47 Å². The topological polar surface area (TPSA) is 146 Å². The predicted octanol–water partition coefficient (Wildman–Crippen LogP) is 20.2. The third-order valence-corrected chi connectivity index (χ3v) is 34.4. The van der Waals surface area contributed by atoms with Crippen LogP contribution < -0.4 is 133 Å². The van der Waals surface area contributed by atoms with Crippen molar-refractivity contribution < 1.29 is 114 Å². The van der Waals surface area contributed by atoms with Crippen molar-refractivity contribution in [2.45, 2.75) is 66.6 Å². The van der Waals surface area contributed by atoms with E-state index >= 15 is 0 Å². The minimum absolute atomic E-state index is 0. The summed E-state index contributed by atoms with van der Waals surface area (Å²) in [7, 11) is -2.23. The van der Waals surface area contributed by atoms with Crippen molar-refractivity contribution in [1.29, 1.82) is 0 Å². The Morgan fingerprint density at radius 2 is 0.572 bits per heavy atom. The van der Waals surface area contributed by atoms with Crippen LogP contribution in [-0.4, -0.2) is 44.7 Å². The van der Waals surface area contributed by atoms with Crippen LogP contribution in [-0.2, 0) is 39.4 Å². The Balaban J connectivity index is 0.000000151. The van der Waals surface area contributed by atoms with Crippen molar-refractivity contribution in [1.82, 2.24) is 19.9 Å². The summed E-state index contributed by atoms with van der Waals surface area (Å²) in [5.41, 5.74) is 9.16. The Hall–Kier alpha value is -11.1. The largest absolute Gasteiger partial charge is 1.00 e. The Kier molecular flexibility index (Phi) is 41.8. The SMILES string of the molecule is Cc1cc(-c2nccc3cc(Cl)ccc23)c2oc3nc(C)ccc3c2c1.Cc1cc(B2OC(C)(C)C(C)(C)O2)c2oc3nc(C)ccc3c2c1.Clc1ccc2c(Cl)nccc2c1.O=CO[O-].[H-].[Na+].[Na+].[Pd].c1ccc(P(c2ccccc2)c2ccccc2)cc1.c1ccc(P(c2ccccc2)c2ccccc2)cc1.c1ccc(P(c2ccccc2)c2ccccc2)cc1.c1ccc(P(c2ccccc2)c2ccccc2)cc1. The van der Waals surface area contributed by atoms with Crippen LogP contribution in [0.3, 0.4) is 0 Å². The zero-order chi connectivity index (χ0) is 98.7. The van der Waals surface area contributed by atoms with E-state index in [9.17, 15) is 0 Å². The molecule has 22 aromatic rings. The van der Waals surface area contributed by atoms with Gasteiger partial charge in [-0.25, -0.2) is 15.0 Å². The molecule has 7 heterocycles. The maximum absolute atomic E-state index is 8.64. The maximum atomic E-state index is 8.64. The van der Waals surface area contributed by atoms with Crippen molar-refractivity contribution in [2.24, 2.45) is 0 Å². The van der Waals surface area contributed by atoms with E-state index in [0.29, 0.717) is 26.6 Å². The first-order valence-electron chi connectivity index (χ1n) is 46.5. The van der Waals surface area contributed by atoms with Crippen molar-refractivity contribution >= 4 is 215 Å². The Labute approximate surface area is 928 Å². The second kappa shape index (κ2) is 54.5. The number of benzene rings is 16. The molecule has 0 unspecified atom stereocenters. The summed E-state index contributed by atoms with van der Waals surface area (Å²) >= 11 is 17.8. The van der Waals surface area contributed by atoms with Gasteiger partial charge in [-0.1, -0.05) is 416 Å². The minimum atomic E-state index is -0.446. The van der Waals surface area contributed by atoms with E-state index in [1.54, 1.807) is 12.3 Å². The van der Waals surface area contributed by atoms with Crippen molar-refractivity contribution in [3.63, 3.8) is 0 Å². The van der Waals surface area contributed by atoms with Crippen LogP contribution in [0.15, 0.2) is 482 Å². The smallest absolute Gasteiger partial charge is 1.00 e. The molecule has 0 bridgehead atoms. The van der Waals surface area contributed by atoms with Crippen LogP contribution >= 0.6 is 66.5 Å². The van der Waals surface area contributed by atoms with Gasteiger partial charge in [0.05, 0.1) is 16.9 Å². The molecule has 0 aliphatic carbocycles. The van der Waals surface area contributed by atoms with Crippen LogP contribution in [0.25, 0.3) is 76.9 Å². The van der Waals surface area contributed by atoms with Gasteiger partial charge in [0.15, 0.2) is 0 Å². The van der Waals surface area contributed by atoms with Gasteiger partial charge >= 0.3 is 66.2 Å². The molecule has 1 fully saturated rings. The molecule has 1 aliphatic heterocycles. The number of fused-ring (bicyclic) bond motifs is 8. The van der Waals surface area contributed by atoms with E-state index < -0.39 is 38.8 Å². The molecule has 145 heavy (non-hydrogen) atoms. The zero-order valence-corrected chi connectivity index (χ0v) is 93.5. The number of carbonyl (C=O) groups excluding carboxylic acids is 1. The fourth-order valence-electron chi connectivity index (χ4n) is 16.5. The molecule has 0 saturated carbocycles. The van der Waals surface area contributed by atoms with Crippen molar-refractivity contribution in [3.05, 3.63) is 511 Å². The fourth-order valence-corrected chi connectivity index (χ4v) is 26.3. The quantitative estimate of drug-likeness (QED) is 0.0241. The number of pyridine rings is 4. The number of hydrogen-bond donors (Lipinski definition) is 0. The van der Waals surface area contributed by atoms with Crippen LogP contribution in [0.2, 0.25) is 15.2 Å².